The minimum atomic E-state index is -1.20. The maximum absolute atomic E-state index is 11.5. The second-order valence-electron chi connectivity index (χ2n) is 4.38. The van der Waals surface area contributed by atoms with Crippen molar-refractivity contribution in [3.05, 3.63) is 11.8 Å². The topological polar surface area (TPSA) is 131 Å². The Bertz CT molecular complexity index is 472. The molecule has 108 valence electrons. The number of likely N-dealkylation sites (tertiary alicyclic amines) is 1. The van der Waals surface area contributed by atoms with Gasteiger partial charge in [-0.2, -0.15) is 5.26 Å². The second kappa shape index (κ2) is 7.13. The summed E-state index contributed by atoms with van der Waals surface area (Å²) in [5.74, 6) is -3.19. The number of aliphatic carboxylic acids is 2. The average Bonchev–Trinajstić information content (AvgIpc) is 2.42. The Morgan fingerprint density at radius 1 is 1.30 bits per heavy atom. The molecule has 8 heteroatoms. The number of carboxylic acid groups (broad SMARTS) is 2. The number of carboxylic acids is 2. The minimum Gasteiger partial charge on any atom is -0.481 e. The lowest BCUT2D eigenvalue weighted by atomic mass is 9.97. The van der Waals surface area contributed by atoms with Crippen molar-refractivity contribution in [1.82, 2.24) is 10.2 Å². The van der Waals surface area contributed by atoms with Crippen molar-refractivity contribution in [1.29, 1.82) is 5.26 Å². The van der Waals surface area contributed by atoms with Crippen molar-refractivity contribution in [2.24, 2.45) is 5.92 Å². The molecule has 0 spiro atoms. The van der Waals surface area contributed by atoms with Gasteiger partial charge in [0.25, 0.3) is 5.91 Å². The third-order valence-electron chi connectivity index (χ3n) is 2.96. The SMILES string of the molecule is N#C/C(=C/N1CCC(C(=O)O)CC1)C(=O)NCC(=O)O. The molecule has 0 radical (unpaired) electrons. The van der Waals surface area contributed by atoms with E-state index < -0.39 is 30.3 Å². The maximum Gasteiger partial charge on any atom is 0.322 e. The van der Waals surface area contributed by atoms with Crippen LogP contribution in [-0.2, 0) is 14.4 Å². The molecule has 3 N–H and O–H groups in total. The van der Waals surface area contributed by atoms with E-state index in [-0.39, 0.29) is 5.57 Å². The first-order valence-electron chi connectivity index (χ1n) is 6.02. The van der Waals surface area contributed by atoms with Gasteiger partial charge in [-0.1, -0.05) is 0 Å². The third kappa shape index (κ3) is 4.61. The van der Waals surface area contributed by atoms with Crippen LogP contribution in [0.4, 0.5) is 0 Å². The second-order valence-corrected chi connectivity index (χ2v) is 4.38. The van der Waals surface area contributed by atoms with Gasteiger partial charge >= 0.3 is 11.9 Å². The first kappa shape index (κ1) is 15.5. The van der Waals surface area contributed by atoms with Crippen LogP contribution in [0, 0.1) is 17.2 Å². The van der Waals surface area contributed by atoms with E-state index in [1.165, 1.54) is 6.20 Å². The first-order valence-corrected chi connectivity index (χ1v) is 6.02. The number of amides is 1. The molecule has 0 aromatic rings. The summed E-state index contributed by atoms with van der Waals surface area (Å²) in [7, 11) is 0. The fraction of sp³-hybridized carbons (Fsp3) is 0.500. The highest BCUT2D eigenvalue weighted by atomic mass is 16.4. The summed E-state index contributed by atoms with van der Waals surface area (Å²) >= 11 is 0. The van der Waals surface area contributed by atoms with Gasteiger partial charge in [-0.15, -0.1) is 0 Å². The highest BCUT2D eigenvalue weighted by Gasteiger charge is 2.24. The summed E-state index contributed by atoms with van der Waals surface area (Å²) in [4.78, 5) is 34.3. The molecule has 20 heavy (non-hydrogen) atoms. The van der Waals surface area contributed by atoms with Crippen LogP contribution in [0.25, 0.3) is 0 Å². The normalized spacial score (nSPS) is 16.4. The Balaban J connectivity index is 2.58. The molecule has 0 aromatic heterocycles. The summed E-state index contributed by atoms with van der Waals surface area (Å²) in [5.41, 5.74) is -0.194. The summed E-state index contributed by atoms with van der Waals surface area (Å²) in [6.45, 7) is 0.321. The van der Waals surface area contributed by atoms with Crippen LogP contribution in [0.1, 0.15) is 12.8 Å². The van der Waals surface area contributed by atoms with E-state index >= 15 is 0 Å². The van der Waals surface area contributed by atoms with Gasteiger partial charge in [0.15, 0.2) is 0 Å². The highest BCUT2D eigenvalue weighted by Crippen LogP contribution is 2.18. The smallest absolute Gasteiger partial charge is 0.322 e. The van der Waals surface area contributed by atoms with Gasteiger partial charge in [-0.25, -0.2) is 0 Å². The summed E-state index contributed by atoms with van der Waals surface area (Å²) in [6.07, 6.45) is 2.23. The fourth-order valence-corrected chi connectivity index (χ4v) is 1.85. The number of piperidine rings is 1. The van der Waals surface area contributed by atoms with Gasteiger partial charge < -0.3 is 20.4 Å². The van der Waals surface area contributed by atoms with E-state index in [1.54, 1.807) is 11.0 Å². The molecule has 1 aliphatic heterocycles. The van der Waals surface area contributed by atoms with Gasteiger partial charge in [0.2, 0.25) is 0 Å². The fourth-order valence-electron chi connectivity index (χ4n) is 1.85. The molecule has 0 saturated carbocycles. The van der Waals surface area contributed by atoms with E-state index in [0.29, 0.717) is 25.9 Å². The number of hydrogen-bond acceptors (Lipinski definition) is 5. The number of carbonyl (C=O) groups excluding carboxylic acids is 1. The van der Waals surface area contributed by atoms with Crippen LogP contribution in [0.15, 0.2) is 11.8 Å². The van der Waals surface area contributed by atoms with Gasteiger partial charge in [-0.05, 0) is 12.8 Å². The lowest BCUT2D eigenvalue weighted by molar-refractivity contribution is -0.143. The molecular weight excluding hydrogens is 266 g/mol. The molecule has 0 atom stereocenters. The molecule has 0 bridgehead atoms. The van der Waals surface area contributed by atoms with Crippen LogP contribution < -0.4 is 5.32 Å². The Morgan fingerprint density at radius 2 is 1.90 bits per heavy atom. The molecule has 1 rings (SSSR count). The van der Waals surface area contributed by atoms with Gasteiger partial charge in [0, 0.05) is 19.3 Å². The van der Waals surface area contributed by atoms with Crippen LogP contribution >= 0.6 is 0 Å². The molecule has 1 aliphatic rings. The Labute approximate surface area is 115 Å². The number of nitrogens with zero attached hydrogens (tertiary/aromatic N) is 2. The van der Waals surface area contributed by atoms with E-state index in [4.69, 9.17) is 15.5 Å². The van der Waals surface area contributed by atoms with Crippen LogP contribution in [0.5, 0.6) is 0 Å². The van der Waals surface area contributed by atoms with Crippen molar-refractivity contribution in [2.45, 2.75) is 12.8 Å². The Hall–Kier alpha value is -2.56. The lowest BCUT2D eigenvalue weighted by Gasteiger charge is -2.29. The van der Waals surface area contributed by atoms with Crippen molar-refractivity contribution < 1.29 is 24.6 Å². The van der Waals surface area contributed by atoms with E-state index in [1.807, 2.05) is 0 Å². The molecule has 1 saturated heterocycles. The summed E-state index contributed by atoms with van der Waals surface area (Å²) in [5, 5.41) is 28.3. The van der Waals surface area contributed by atoms with Crippen LogP contribution in [0.2, 0.25) is 0 Å². The zero-order valence-corrected chi connectivity index (χ0v) is 10.7. The van der Waals surface area contributed by atoms with Gasteiger partial charge in [0.1, 0.15) is 18.2 Å². The molecule has 1 amide bonds. The zero-order valence-electron chi connectivity index (χ0n) is 10.7. The average molecular weight is 281 g/mol. The van der Waals surface area contributed by atoms with Crippen LogP contribution in [-0.4, -0.2) is 52.6 Å². The largest absolute Gasteiger partial charge is 0.481 e. The monoisotopic (exact) mass is 281 g/mol. The molecule has 0 aliphatic carbocycles. The van der Waals surface area contributed by atoms with E-state index in [0.717, 1.165) is 0 Å². The lowest BCUT2D eigenvalue weighted by Crippen LogP contribution is -2.35. The zero-order chi connectivity index (χ0) is 15.1. The van der Waals surface area contributed by atoms with Crippen molar-refractivity contribution >= 4 is 17.8 Å². The quantitative estimate of drug-likeness (QED) is 0.452. The van der Waals surface area contributed by atoms with Gasteiger partial charge in [-0.3, -0.25) is 14.4 Å². The highest BCUT2D eigenvalue weighted by molar-refractivity contribution is 5.98. The van der Waals surface area contributed by atoms with Crippen molar-refractivity contribution in [3.63, 3.8) is 0 Å². The van der Waals surface area contributed by atoms with Crippen molar-refractivity contribution in [3.8, 4) is 6.07 Å². The number of carbonyl (C=O) groups is 3. The molecular formula is C12H15N3O5. The summed E-state index contributed by atoms with van der Waals surface area (Å²) < 4.78 is 0. The van der Waals surface area contributed by atoms with Crippen molar-refractivity contribution in [2.75, 3.05) is 19.6 Å². The Morgan fingerprint density at radius 3 is 2.35 bits per heavy atom. The number of rotatable bonds is 5. The molecule has 1 heterocycles. The number of nitriles is 1. The van der Waals surface area contributed by atoms with E-state index in [2.05, 4.69) is 5.32 Å². The Kier molecular flexibility index (Phi) is 5.53. The summed E-state index contributed by atoms with van der Waals surface area (Å²) in [6, 6.07) is 1.70. The third-order valence-corrected chi connectivity index (χ3v) is 2.96. The predicted molar refractivity (Wildman–Crippen MR) is 66.3 cm³/mol. The number of nitrogens with one attached hydrogen (secondary N) is 1. The molecule has 0 unspecified atom stereocenters. The van der Waals surface area contributed by atoms with E-state index in [9.17, 15) is 14.4 Å². The maximum atomic E-state index is 11.5. The number of hydrogen-bond donors (Lipinski definition) is 3. The molecule has 0 aromatic carbocycles. The minimum absolute atomic E-state index is 0.194. The van der Waals surface area contributed by atoms with Crippen LogP contribution in [0.3, 0.4) is 0 Å². The molecule has 1 fully saturated rings. The van der Waals surface area contributed by atoms with Gasteiger partial charge in [0.05, 0.1) is 5.92 Å². The molecule has 8 nitrogen and oxygen atoms in total. The predicted octanol–water partition coefficient (Wildman–Crippen LogP) is -0.609. The standard InChI is InChI=1S/C12H15N3O5/c13-5-9(11(18)14-6-10(16)17)7-15-3-1-8(2-4-15)12(19)20/h7-8H,1-4,6H2,(H,14,18)(H,16,17)(H,19,20)/b9-7-. The first-order chi connectivity index (χ1) is 9.43.